The lowest BCUT2D eigenvalue weighted by Gasteiger charge is -2.56. The largest absolute Gasteiger partial charge is 0.298 e. The van der Waals surface area contributed by atoms with Gasteiger partial charge in [0.2, 0.25) is 5.92 Å². The fourth-order valence-electron chi connectivity index (χ4n) is 3.82. The number of nitrogens with zero attached hydrogens (tertiary/aromatic N) is 1. The lowest BCUT2D eigenvalue weighted by atomic mass is 9.58. The fourth-order valence-corrected chi connectivity index (χ4v) is 3.82. The van der Waals surface area contributed by atoms with Crippen molar-refractivity contribution in [2.75, 3.05) is 6.54 Å². The molecule has 1 unspecified atom stereocenters. The van der Waals surface area contributed by atoms with Crippen molar-refractivity contribution in [1.29, 1.82) is 0 Å². The van der Waals surface area contributed by atoms with Crippen LogP contribution in [0.3, 0.4) is 0 Å². The molecule has 0 bridgehead atoms. The first kappa shape index (κ1) is 13.3. The molecule has 3 heteroatoms. The van der Waals surface area contributed by atoms with Crippen LogP contribution < -0.4 is 0 Å². The van der Waals surface area contributed by atoms with Gasteiger partial charge in [-0.15, -0.1) is 0 Å². The molecule has 1 nitrogen and oxygen atoms in total. The first-order valence-corrected chi connectivity index (χ1v) is 6.88. The number of piperidine rings is 1. The normalized spacial score (nSPS) is 32.1. The number of hydrogen-bond acceptors (Lipinski definition) is 1. The molecule has 2 fully saturated rings. The zero-order chi connectivity index (χ0) is 12.8. The minimum Gasteiger partial charge on any atom is -0.298 e. The van der Waals surface area contributed by atoms with E-state index >= 15 is 0 Å². The van der Waals surface area contributed by atoms with Crippen LogP contribution in [0, 0.1) is 11.3 Å². The van der Waals surface area contributed by atoms with Crippen molar-refractivity contribution in [3.05, 3.63) is 0 Å². The third-order valence-electron chi connectivity index (χ3n) is 4.67. The van der Waals surface area contributed by atoms with Crippen molar-refractivity contribution in [3.63, 3.8) is 0 Å². The minimum absolute atomic E-state index is 0.0379. The quantitative estimate of drug-likeness (QED) is 0.712. The van der Waals surface area contributed by atoms with Crippen LogP contribution in [0.1, 0.15) is 53.4 Å². The highest BCUT2D eigenvalue weighted by atomic mass is 19.3. The van der Waals surface area contributed by atoms with E-state index in [4.69, 9.17) is 0 Å². The van der Waals surface area contributed by atoms with Crippen LogP contribution in [0.15, 0.2) is 0 Å². The predicted molar refractivity (Wildman–Crippen MR) is 66.3 cm³/mol. The Labute approximate surface area is 104 Å². The molecule has 1 aliphatic heterocycles. The highest BCUT2D eigenvalue weighted by molar-refractivity contribution is 5.04. The molecule has 1 spiro atoms. The maximum Gasteiger partial charge on any atom is 0.249 e. The van der Waals surface area contributed by atoms with E-state index in [1.165, 1.54) is 0 Å². The Morgan fingerprint density at radius 2 is 1.71 bits per heavy atom. The first-order chi connectivity index (χ1) is 7.75. The SMILES string of the molecule is CC(C)C1CC2(CCN1C(C)C)CC(F)(F)C2. The Balaban J connectivity index is 2.05. The van der Waals surface area contributed by atoms with Gasteiger partial charge in [0.15, 0.2) is 0 Å². The van der Waals surface area contributed by atoms with E-state index in [1.807, 2.05) is 0 Å². The third kappa shape index (κ3) is 2.49. The highest BCUT2D eigenvalue weighted by Gasteiger charge is 2.58. The maximum absolute atomic E-state index is 13.1. The van der Waals surface area contributed by atoms with Crippen LogP contribution in [-0.4, -0.2) is 29.5 Å². The number of likely N-dealkylation sites (tertiary alicyclic amines) is 1. The molecule has 17 heavy (non-hydrogen) atoms. The molecular weight excluding hydrogens is 220 g/mol. The molecule has 2 rings (SSSR count). The summed E-state index contributed by atoms with van der Waals surface area (Å²) >= 11 is 0. The molecule has 0 radical (unpaired) electrons. The molecule has 0 aromatic carbocycles. The van der Waals surface area contributed by atoms with E-state index in [9.17, 15) is 8.78 Å². The summed E-state index contributed by atoms with van der Waals surface area (Å²) in [6.07, 6.45) is 2.20. The second-order valence-electron chi connectivity index (χ2n) is 6.81. The van der Waals surface area contributed by atoms with Gasteiger partial charge in [-0.1, -0.05) is 13.8 Å². The average Bonchev–Trinajstić information content (AvgIpc) is 2.13. The van der Waals surface area contributed by atoms with Gasteiger partial charge in [0.25, 0.3) is 0 Å². The van der Waals surface area contributed by atoms with Crippen molar-refractivity contribution in [2.24, 2.45) is 11.3 Å². The van der Waals surface area contributed by atoms with Gasteiger partial charge in [-0.3, -0.25) is 4.90 Å². The summed E-state index contributed by atoms with van der Waals surface area (Å²) in [4.78, 5) is 2.51. The lowest BCUT2D eigenvalue weighted by Crippen LogP contribution is -2.58. The highest BCUT2D eigenvalue weighted by Crippen LogP contribution is 2.59. The molecule has 1 atom stereocenters. The second kappa shape index (κ2) is 4.18. The van der Waals surface area contributed by atoms with Crippen LogP contribution in [0.25, 0.3) is 0 Å². The fraction of sp³-hybridized carbons (Fsp3) is 1.00. The van der Waals surface area contributed by atoms with Crippen molar-refractivity contribution >= 4 is 0 Å². The van der Waals surface area contributed by atoms with Crippen molar-refractivity contribution in [3.8, 4) is 0 Å². The monoisotopic (exact) mass is 245 g/mol. The Hall–Kier alpha value is -0.180. The van der Waals surface area contributed by atoms with Crippen molar-refractivity contribution < 1.29 is 8.78 Å². The van der Waals surface area contributed by atoms with Crippen molar-refractivity contribution in [2.45, 2.75) is 71.4 Å². The topological polar surface area (TPSA) is 3.24 Å². The molecule has 1 saturated carbocycles. The summed E-state index contributed by atoms with van der Waals surface area (Å²) in [7, 11) is 0. The molecule has 1 saturated heterocycles. The van der Waals surface area contributed by atoms with Gasteiger partial charge in [0.05, 0.1) is 0 Å². The summed E-state index contributed by atoms with van der Waals surface area (Å²) in [5.74, 6) is -1.81. The van der Waals surface area contributed by atoms with E-state index < -0.39 is 5.92 Å². The predicted octanol–water partition coefficient (Wildman–Crippen LogP) is 3.93. The van der Waals surface area contributed by atoms with E-state index in [-0.39, 0.29) is 18.3 Å². The number of hydrogen-bond donors (Lipinski definition) is 0. The molecule has 2 aliphatic rings. The van der Waals surface area contributed by atoms with Crippen LogP contribution in [0.4, 0.5) is 8.78 Å². The van der Waals surface area contributed by atoms with Crippen LogP contribution >= 0.6 is 0 Å². The van der Waals surface area contributed by atoms with Crippen molar-refractivity contribution in [1.82, 2.24) is 4.90 Å². The maximum atomic E-state index is 13.1. The van der Waals surface area contributed by atoms with Gasteiger partial charge in [0.1, 0.15) is 0 Å². The molecule has 0 amide bonds. The summed E-state index contributed by atoms with van der Waals surface area (Å²) in [6.45, 7) is 9.86. The summed E-state index contributed by atoms with van der Waals surface area (Å²) < 4.78 is 26.3. The Kier molecular flexibility index (Phi) is 3.26. The minimum atomic E-state index is -2.37. The smallest absolute Gasteiger partial charge is 0.249 e. The molecule has 100 valence electrons. The Morgan fingerprint density at radius 3 is 2.12 bits per heavy atom. The van der Waals surface area contributed by atoms with Crippen LogP contribution in [0.2, 0.25) is 0 Å². The van der Waals surface area contributed by atoms with Gasteiger partial charge >= 0.3 is 0 Å². The third-order valence-corrected chi connectivity index (χ3v) is 4.67. The summed E-state index contributed by atoms with van der Waals surface area (Å²) in [6, 6.07) is 1.01. The number of rotatable bonds is 2. The Bertz CT molecular complexity index is 278. The van der Waals surface area contributed by atoms with E-state index in [0.29, 0.717) is 18.0 Å². The molecular formula is C14H25F2N. The molecule has 0 aromatic heterocycles. The van der Waals surface area contributed by atoms with Gasteiger partial charge in [-0.05, 0) is 44.6 Å². The lowest BCUT2D eigenvalue weighted by molar-refractivity contribution is -0.189. The second-order valence-corrected chi connectivity index (χ2v) is 6.81. The summed E-state index contributed by atoms with van der Waals surface area (Å²) in [5, 5.41) is 0. The zero-order valence-electron chi connectivity index (χ0n) is 11.5. The molecule has 0 N–H and O–H groups in total. The molecule has 0 aromatic rings. The zero-order valence-corrected chi connectivity index (χ0v) is 11.5. The average molecular weight is 245 g/mol. The van der Waals surface area contributed by atoms with Gasteiger partial charge in [-0.2, -0.15) is 0 Å². The molecule has 1 aliphatic carbocycles. The van der Waals surface area contributed by atoms with E-state index in [0.717, 1.165) is 19.4 Å². The molecule has 1 heterocycles. The first-order valence-electron chi connectivity index (χ1n) is 6.88. The van der Waals surface area contributed by atoms with Gasteiger partial charge in [0, 0.05) is 24.9 Å². The van der Waals surface area contributed by atoms with Gasteiger partial charge in [-0.25, -0.2) is 8.78 Å². The van der Waals surface area contributed by atoms with E-state index in [2.05, 4.69) is 32.6 Å². The van der Waals surface area contributed by atoms with E-state index in [1.54, 1.807) is 0 Å². The standard InChI is InChI=1S/C14H25F2N/c1-10(2)12-7-13(8-14(15,16)9-13)5-6-17(12)11(3)4/h10-12H,5-9H2,1-4H3. The van der Waals surface area contributed by atoms with Crippen LogP contribution in [0.5, 0.6) is 0 Å². The number of halogens is 2. The number of alkyl halides is 2. The van der Waals surface area contributed by atoms with Crippen LogP contribution in [-0.2, 0) is 0 Å². The Morgan fingerprint density at radius 1 is 1.12 bits per heavy atom. The summed E-state index contributed by atoms with van der Waals surface area (Å²) in [5.41, 5.74) is -0.0379. The van der Waals surface area contributed by atoms with Gasteiger partial charge < -0.3 is 0 Å².